The van der Waals surface area contributed by atoms with Crippen LogP contribution in [0.3, 0.4) is 0 Å². The summed E-state index contributed by atoms with van der Waals surface area (Å²) in [6.07, 6.45) is 21.7. The number of rotatable bonds is 12. The predicted octanol–water partition coefficient (Wildman–Crippen LogP) is 5.14. The van der Waals surface area contributed by atoms with E-state index in [0.717, 1.165) is 44.1 Å². The lowest BCUT2D eigenvalue weighted by atomic mass is 9.98. The maximum absolute atomic E-state index is 11.9. The predicted molar refractivity (Wildman–Crippen MR) is 93.8 cm³/mol. The van der Waals surface area contributed by atoms with Gasteiger partial charge < -0.3 is 5.11 Å². The van der Waals surface area contributed by atoms with E-state index in [9.17, 15) is 4.79 Å². The second kappa shape index (κ2) is 12.4. The summed E-state index contributed by atoms with van der Waals surface area (Å²) < 4.78 is 0. The maximum atomic E-state index is 11.9. The molecule has 0 heterocycles. The zero-order valence-corrected chi connectivity index (χ0v) is 14.1. The standard InChI is InChI=1S/C20H32O2/c1-2-3-4-5-7-10-13-18-15-16-20(22)19(18)14-11-8-6-9-12-17-21/h10,13-16,18,21H,2-9,11-12,17H2,1H3. The van der Waals surface area contributed by atoms with E-state index in [4.69, 9.17) is 5.11 Å². The van der Waals surface area contributed by atoms with Crippen LogP contribution in [0.5, 0.6) is 0 Å². The zero-order valence-electron chi connectivity index (χ0n) is 14.1. The lowest BCUT2D eigenvalue weighted by molar-refractivity contribution is -0.111. The van der Waals surface area contributed by atoms with E-state index in [1.807, 2.05) is 6.08 Å². The Balaban J connectivity index is 2.30. The van der Waals surface area contributed by atoms with E-state index in [-0.39, 0.29) is 18.3 Å². The van der Waals surface area contributed by atoms with Gasteiger partial charge in [-0.3, -0.25) is 4.79 Å². The second-order valence-electron chi connectivity index (χ2n) is 6.11. The van der Waals surface area contributed by atoms with Crippen molar-refractivity contribution < 1.29 is 9.90 Å². The molecule has 0 aromatic carbocycles. The Kier molecular flexibility index (Phi) is 10.7. The van der Waals surface area contributed by atoms with Gasteiger partial charge in [-0.25, -0.2) is 0 Å². The summed E-state index contributed by atoms with van der Waals surface area (Å²) in [5.41, 5.74) is 0.951. The third-order valence-corrected chi connectivity index (χ3v) is 4.14. The first-order chi connectivity index (χ1) is 10.8. The van der Waals surface area contributed by atoms with Crippen LogP contribution in [0.25, 0.3) is 0 Å². The Morgan fingerprint density at radius 2 is 1.77 bits per heavy atom. The highest BCUT2D eigenvalue weighted by Crippen LogP contribution is 2.24. The number of hydrogen-bond acceptors (Lipinski definition) is 2. The Bertz CT molecular complexity index is 391. The molecule has 2 heteroatoms. The SMILES string of the molecule is CCCCCCC=CC1C=CC(=O)C1=CCCCCCCO. The van der Waals surface area contributed by atoms with Crippen molar-refractivity contribution in [3.8, 4) is 0 Å². The van der Waals surface area contributed by atoms with Crippen LogP contribution < -0.4 is 0 Å². The minimum atomic E-state index is 0.177. The maximum Gasteiger partial charge on any atom is 0.182 e. The summed E-state index contributed by atoms with van der Waals surface area (Å²) >= 11 is 0. The first-order valence-corrected chi connectivity index (χ1v) is 8.99. The van der Waals surface area contributed by atoms with Crippen LogP contribution >= 0.6 is 0 Å². The highest BCUT2D eigenvalue weighted by molar-refractivity contribution is 6.07. The molecule has 1 aliphatic rings. The van der Waals surface area contributed by atoms with Gasteiger partial charge in [0.05, 0.1) is 0 Å². The molecule has 22 heavy (non-hydrogen) atoms. The van der Waals surface area contributed by atoms with Gasteiger partial charge in [0, 0.05) is 18.1 Å². The highest BCUT2D eigenvalue weighted by atomic mass is 16.2. The number of ketones is 1. The molecule has 0 fully saturated rings. The van der Waals surface area contributed by atoms with Crippen LogP contribution in [0.1, 0.15) is 71.1 Å². The number of carbonyl (C=O) groups excluding carboxylic acids is 1. The molecule has 2 nitrogen and oxygen atoms in total. The molecule has 0 saturated carbocycles. The van der Waals surface area contributed by atoms with Gasteiger partial charge in [0.25, 0.3) is 0 Å². The third kappa shape index (κ3) is 7.74. The smallest absolute Gasteiger partial charge is 0.182 e. The van der Waals surface area contributed by atoms with E-state index < -0.39 is 0 Å². The van der Waals surface area contributed by atoms with Crippen molar-refractivity contribution in [1.82, 2.24) is 0 Å². The molecule has 0 aromatic rings. The number of allylic oxidation sites excluding steroid dienone is 6. The summed E-state index contributed by atoms with van der Waals surface area (Å²) in [4.78, 5) is 11.9. The molecule has 1 unspecified atom stereocenters. The van der Waals surface area contributed by atoms with E-state index in [1.54, 1.807) is 6.08 Å². The third-order valence-electron chi connectivity index (χ3n) is 4.14. The fraction of sp³-hybridized carbons (Fsp3) is 0.650. The quantitative estimate of drug-likeness (QED) is 0.308. The summed E-state index contributed by atoms with van der Waals surface area (Å²) in [5.74, 6) is 0.368. The Morgan fingerprint density at radius 1 is 1.05 bits per heavy atom. The minimum Gasteiger partial charge on any atom is -0.396 e. The van der Waals surface area contributed by atoms with Crippen molar-refractivity contribution in [3.05, 3.63) is 36.0 Å². The number of carbonyl (C=O) groups is 1. The molecule has 0 radical (unpaired) electrons. The Morgan fingerprint density at radius 3 is 2.55 bits per heavy atom. The van der Waals surface area contributed by atoms with Gasteiger partial charge in [0.15, 0.2) is 5.78 Å². The topological polar surface area (TPSA) is 37.3 Å². The second-order valence-corrected chi connectivity index (χ2v) is 6.11. The molecule has 0 bridgehead atoms. The van der Waals surface area contributed by atoms with Crippen LogP contribution in [-0.4, -0.2) is 17.5 Å². The van der Waals surface area contributed by atoms with Crippen molar-refractivity contribution in [1.29, 1.82) is 0 Å². The van der Waals surface area contributed by atoms with E-state index in [0.29, 0.717) is 0 Å². The minimum absolute atomic E-state index is 0.177. The van der Waals surface area contributed by atoms with Crippen molar-refractivity contribution >= 4 is 5.78 Å². The molecule has 0 aliphatic heterocycles. The zero-order chi connectivity index (χ0) is 16.0. The van der Waals surface area contributed by atoms with Crippen molar-refractivity contribution in [2.45, 2.75) is 71.1 Å². The largest absolute Gasteiger partial charge is 0.396 e. The van der Waals surface area contributed by atoms with E-state index >= 15 is 0 Å². The van der Waals surface area contributed by atoms with Crippen LogP contribution in [-0.2, 0) is 4.79 Å². The normalized spacial score (nSPS) is 19.8. The average Bonchev–Trinajstić information content (AvgIpc) is 2.87. The van der Waals surface area contributed by atoms with E-state index in [2.05, 4.69) is 25.2 Å². The first kappa shape index (κ1) is 18.9. The van der Waals surface area contributed by atoms with Crippen LogP contribution in [0.4, 0.5) is 0 Å². The first-order valence-electron chi connectivity index (χ1n) is 8.99. The van der Waals surface area contributed by atoms with Gasteiger partial charge in [-0.05, 0) is 38.2 Å². The van der Waals surface area contributed by atoms with Crippen molar-refractivity contribution in [2.24, 2.45) is 5.92 Å². The molecular formula is C20H32O2. The lowest BCUT2D eigenvalue weighted by Crippen LogP contribution is -2.00. The summed E-state index contributed by atoms with van der Waals surface area (Å²) in [6.45, 7) is 2.51. The van der Waals surface area contributed by atoms with E-state index in [1.165, 1.54) is 25.7 Å². The number of unbranched alkanes of at least 4 members (excludes halogenated alkanes) is 8. The van der Waals surface area contributed by atoms with Gasteiger partial charge >= 0.3 is 0 Å². The number of aliphatic hydroxyl groups excluding tert-OH is 1. The molecule has 1 N–H and O–H groups in total. The molecular weight excluding hydrogens is 272 g/mol. The summed E-state index contributed by atoms with van der Waals surface area (Å²) in [5, 5.41) is 8.74. The van der Waals surface area contributed by atoms with Crippen molar-refractivity contribution in [2.75, 3.05) is 6.61 Å². The Hall–Kier alpha value is -1.15. The summed E-state index contributed by atoms with van der Waals surface area (Å²) in [7, 11) is 0. The molecule has 0 saturated heterocycles. The lowest BCUT2D eigenvalue weighted by Gasteiger charge is -2.05. The molecule has 1 atom stereocenters. The van der Waals surface area contributed by atoms with Gasteiger partial charge in [0.1, 0.15) is 0 Å². The monoisotopic (exact) mass is 304 g/mol. The highest BCUT2D eigenvalue weighted by Gasteiger charge is 2.19. The average molecular weight is 304 g/mol. The molecule has 0 spiro atoms. The van der Waals surface area contributed by atoms with Crippen LogP contribution in [0.15, 0.2) is 36.0 Å². The molecule has 124 valence electrons. The molecule has 1 rings (SSSR count). The Labute approximate surface area is 136 Å². The number of hydrogen-bond donors (Lipinski definition) is 1. The molecule has 0 amide bonds. The van der Waals surface area contributed by atoms with Crippen LogP contribution in [0.2, 0.25) is 0 Å². The molecule has 0 aromatic heterocycles. The van der Waals surface area contributed by atoms with Crippen molar-refractivity contribution in [3.63, 3.8) is 0 Å². The fourth-order valence-electron chi connectivity index (χ4n) is 2.76. The van der Waals surface area contributed by atoms with Gasteiger partial charge in [-0.15, -0.1) is 0 Å². The molecule has 1 aliphatic carbocycles. The fourth-order valence-corrected chi connectivity index (χ4v) is 2.76. The van der Waals surface area contributed by atoms with Gasteiger partial charge in [-0.2, -0.15) is 0 Å². The van der Waals surface area contributed by atoms with Gasteiger partial charge in [0.2, 0.25) is 0 Å². The van der Waals surface area contributed by atoms with Crippen LogP contribution in [0, 0.1) is 5.92 Å². The summed E-state index contributed by atoms with van der Waals surface area (Å²) in [6, 6.07) is 0. The van der Waals surface area contributed by atoms with Gasteiger partial charge in [-0.1, -0.05) is 63.3 Å². The number of aliphatic hydroxyl groups is 1.